The zero-order valence-electron chi connectivity index (χ0n) is 14.9. The number of amides is 1. The summed E-state index contributed by atoms with van der Waals surface area (Å²) in [7, 11) is 0. The van der Waals surface area contributed by atoms with Gasteiger partial charge in [-0.1, -0.05) is 6.07 Å². The van der Waals surface area contributed by atoms with Gasteiger partial charge in [-0.2, -0.15) is 11.3 Å². The maximum absolute atomic E-state index is 14.3. The highest BCUT2D eigenvalue weighted by Gasteiger charge is 2.24. The summed E-state index contributed by atoms with van der Waals surface area (Å²) in [6.07, 6.45) is 5.22. The van der Waals surface area contributed by atoms with E-state index in [9.17, 15) is 9.18 Å². The topological polar surface area (TPSA) is 32.3 Å². The van der Waals surface area contributed by atoms with E-state index < -0.39 is 0 Å². The van der Waals surface area contributed by atoms with E-state index in [0.717, 1.165) is 40.8 Å². The number of anilines is 1. The lowest BCUT2D eigenvalue weighted by atomic mass is 10.0. The number of carbonyl (C=O) groups is 1. The van der Waals surface area contributed by atoms with Gasteiger partial charge in [0.25, 0.3) is 5.91 Å². The number of nitrogens with zero attached hydrogens (tertiary/aromatic N) is 1. The Morgan fingerprint density at radius 1 is 1.23 bits per heavy atom. The average molecular weight is 368 g/mol. The number of nitrogens with one attached hydrogen (secondary N) is 1. The van der Waals surface area contributed by atoms with E-state index in [-0.39, 0.29) is 11.7 Å². The van der Waals surface area contributed by atoms with Crippen molar-refractivity contribution < 1.29 is 9.18 Å². The van der Waals surface area contributed by atoms with Gasteiger partial charge in [-0.25, -0.2) is 4.39 Å². The molecule has 2 aromatic rings. The summed E-state index contributed by atoms with van der Waals surface area (Å²) in [6.45, 7) is 4.61. The van der Waals surface area contributed by atoms with Crippen LogP contribution in [0.25, 0.3) is 5.57 Å². The zero-order valence-corrected chi connectivity index (χ0v) is 15.7. The van der Waals surface area contributed by atoms with Crippen LogP contribution >= 0.6 is 11.3 Å². The number of halogens is 1. The molecule has 1 aromatic carbocycles. The van der Waals surface area contributed by atoms with Crippen LogP contribution in [0.5, 0.6) is 0 Å². The molecule has 3 nitrogen and oxygen atoms in total. The van der Waals surface area contributed by atoms with E-state index in [1.807, 2.05) is 36.9 Å². The van der Waals surface area contributed by atoms with Crippen LogP contribution in [0.4, 0.5) is 10.1 Å². The van der Waals surface area contributed by atoms with Crippen LogP contribution in [0.1, 0.15) is 39.9 Å². The number of carbonyl (C=O) groups excluding carboxylic acids is 1. The first-order valence-electron chi connectivity index (χ1n) is 8.80. The number of benzene rings is 1. The lowest BCUT2D eigenvalue weighted by molar-refractivity contribution is 0.0951. The fraction of sp³-hybridized carbons (Fsp3) is 0.286. The van der Waals surface area contributed by atoms with Gasteiger partial charge in [0, 0.05) is 30.0 Å². The first kappa shape index (κ1) is 17.0. The van der Waals surface area contributed by atoms with E-state index in [1.54, 1.807) is 17.4 Å². The Bertz CT molecular complexity index is 924. The van der Waals surface area contributed by atoms with Gasteiger partial charge in [0.2, 0.25) is 0 Å². The Hall–Kier alpha value is -2.40. The second kappa shape index (κ2) is 6.72. The molecule has 1 amide bonds. The van der Waals surface area contributed by atoms with Crippen LogP contribution in [0, 0.1) is 13.8 Å². The summed E-state index contributed by atoms with van der Waals surface area (Å²) in [4.78, 5) is 14.3. The Morgan fingerprint density at radius 2 is 2.04 bits per heavy atom. The molecule has 0 unspecified atom stereocenters. The second-order valence-corrected chi connectivity index (χ2v) is 7.77. The number of hydrogen-bond donors (Lipinski definition) is 1. The standard InChI is InChI=1S/C21H21FN2OS/c1-13-3-4-15(21(25)23-18-5-6-18)8-20(13)24-9-16(7-17(22)10-24)19-12-26-11-14(19)2/h3-4,7-8,10-12,18H,5-6,9H2,1-2H3,(H,23,25). The Kier molecular flexibility index (Phi) is 4.41. The van der Waals surface area contributed by atoms with E-state index >= 15 is 0 Å². The third-order valence-electron chi connectivity index (χ3n) is 4.83. The molecule has 134 valence electrons. The summed E-state index contributed by atoms with van der Waals surface area (Å²) in [6, 6.07) is 5.94. The Labute approximate surface area is 156 Å². The number of hydrogen-bond acceptors (Lipinski definition) is 3. The molecule has 0 atom stereocenters. The van der Waals surface area contributed by atoms with Gasteiger partial charge >= 0.3 is 0 Å². The first-order valence-corrected chi connectivity index (χ1v) is 9.75. The quantitative estimate of drug-likeness (QED) is 0.826. The fourth-order valence-electron chi connectivity index (χ4n) is 3.19. The van der Waals surface area contributed by atoms with Gasteiger partial charge < -0.3 is 10.2 Å². The van der Waals surface area contributed by atoms with Crippen LogP contribution in [0.15, 0.2) is 47.1 Å². The summed E-state index contributed by atoms with van der Waals surface area (Å²) in [5.41, 5.74) is 5.70. The fourth-order valence-corrected chi connectivity index (χ4v) is 4.06. The zero-order chi connectivity index (χ0) is 18.3. The van der Waals surface area contributed by atoms with Crippen molar-refractivity contribution >= 4 is 28.5 Å². The third kappa shape index (κ3) is 3.44. The van der Waals surface area contributed by atoms with Crippen molar-refractivity contribution in [1.82, 2.24) is 5.32 Å². The van der Waals surface area contributed by atoms with Gasteiger partial charge in [-0.15, -0.1) is 0 Å². The molecule has 1 saturated carbocycles. The largest absolute Gasteiger partial charge is 0.349 e. The highest BCUT2D eigenvalue weighted by atomic mass is 32.1. The van der Waals surface area contributed by atoms with Gasteiger partial charge in [0.1, 0.15) is 5.83 Å². The van der Waals surface area contributed by atoms with E-state index in [1.165, 1.54) is 6.20 Å². The van der Waals surface area contributed by atoms with Gasteiger partial charge in [0.05, 0.1) is 0 Å². The highest BCUT2D eigenvalue weighted by molar-refractivity contribution is 7.08. The molecule has 0 bridgehead atoms. The molecule has 1 aliphatic heterocycles. The first-order chi connectivity index (χ1) is 12.5. The number of rotatable bonds is 4. The SMILES string of the molecule is Cc1cscc1C1=CC(F)=CN(c2cc(C(=O)NC3CC3)ccc2C)C1. The molecule has 4 rings (SSSR count). The molecular formula is C21H21FN2OS. The lowest BCUT2D eigenvalue weighted by Gasteiger charge is -2.27. The maximum Gasteiger partial charge on any atom is 0.251 e. The van der Waals surface area contributed by atoms with Crippen molar-refractivity contribution in [1.29, 1.82) is 0 Å². The van der Waals surface area contributed by atoms with Gasteiger partial charge in [-0.05, 0) is 77.9 Å². The molecule has 26 heavy (non-hydrogen) atoms. The second-order valence-electron chi connectivity index (χ2n) is 7.03. The minimum atomic E-state index is -0.274. The number of thiophene rings is 1. The van der Waals surface area contributed by atoms with Crippen molar-refractivity contribution in [3.05, 3.63) is 69.3 Å². The van der Waals surface area contributed by atoms with Crippen LogP contribution in [-0.4, -0.2) is 18.5 Å². The van der Waals surface area contributed by atoms with Crippen molar-refractivity contribution in [2.24, 2.45) is 0 Å². The molecule has 1 aromatic heterocycles. The van der Waals surface area contributed by atoms with Crippen LogP contribution < -0.4 is 10.2 Å². The monoisotopic (exact) mass is 368 g/mol. The molecule has 2 heterocycles. The third-order valence-corrected chi connectivity index (χ3v) is 5.69. The Balaban J connectivity index is 1.63. The molecule has 2 aliphatic rings. The number of allylic oxidation sites excluding steroid dienone is 2. The highest BCUT2D eigenvalue weighted by Crippen LogP contribution is 2.32. The summed E-state index contributed by atoms with van der Waals surface area (Å²) in [5.74, 6) is -0.330. The van der Waals surface area contributed by atoms with Crippen molar-refractivity contribution in [3.63, 3.8) is 0 Å². The normalized spacial score (nSPS) is 17.0. The van der Waals surface area contributed by atoms with Crippen molar-refractivity contribution in [3.8, 4) is 0 Å². The predicted octanol–water partition coefficient (Wildman–Crippen LogP) is 4.97. The molecule has 1 fully saturated rings. The molecule has 1 N–H and O–H groups in total. The average Bonchev–Trinajstić information content (AvgIpc) is 3.32. The van der Waals surface area contributed by atoms with Crippen LogP contribution in [0.2, 0.25) is 0 Å². The smallest absolute Gasteiger partial charge is 0.251 e. The maximum atomic E-state index is 14.3. The van der Waals surface area contributed by atoms with E-state index in [4.69, 9.17) is 0 Å². The molecule has 1 aliphatic carbocycles. The molecule has 5 heteroatoms. The van der Waals surface area contributed by atoms with E-state index in [0.29, 0.717) is 18.2 Å². The predicted molar refractivity (Wildman–Crippen MR) is 105 cm³/mol. The molecule has 0 radical (unpaired) electrons. The number of aryl methyl sites for hydroxylation is 2. The van der Waals surface area contributed by atoms with Crippen LogP contribution in [0.3, 0.4) is 0 Å². The van der Waals surface area contributed by atoms with Gasteiger partial charge in [-0.3, -0.25) is 4.79 Å². The molecule has 0 saturated heterocycles. The molecular weight excluding hydrogens is 347 g/mol. The van der Waals surface area contributed by atoms with Crippen LogP contribution in [-0.2, 0) is 0 Å². The summed E-state index contributed by atoms with van der Waals surface area (Å²) >= 11 is 1.63. The summed E-state index contributed by atoms with van der Waals surface area (Å²) < 4.78 is 14.3. The minimum absolute atomic E-state index is 0.0559. The van der Waals surface area contributed by atoms with Crippen molar-refractivity contribution in [2.75, 3.05) is 11.4 Å². The Morgan fingerprint density at radius 3 is 2.73 bits per heavy atom. The molecule has 0 spiro atoms. The van der Waals surface area contributed by atoms with Crippen molar-refractivity contribution in [2.45, 2.75) is 32.7 Å². The van der Waals surface area contributed by atoms with E-state index in [2.05, 4.69) is 16.1 Å². The summed E-state index contributed by atoms with van der Waals surface area (Å²) in [5, 5.41) is 7.14. The minimum Gasteiger partial charge on any atom is -0.349 e. The lowest BCUT2D eigenvalue weighted by Crippen LogP contribution is -2.27. The van der Waals surface area contributed by atoms with Gasteiger partial charge in [0.15, 0.2) is 0 Å².